The Morgan fingerprint density at radius 2 is 1.85 bits per heavy atom. The van der Waals surface area contributed by atoms with Crippen molar-refractivity contribution in [3.63, 3.8) is 0 Å². The van der Waals surface area contributed by atoms with Crippen LogP contribution in [0.2, 0.25) is 0 Å². The highest BCUT2D eigenvalue weighted by Gasteiger charge is 2.05. The Morgan fingerprint density at radius 3 is 2.60 bits per heavy atom. The molecule has 5 N–H and O–H groups in total. The minimum absolute atomic E-state index is 0.0350. The lowest BCUT2D eigenvalue weighted by molar-refractivity contribution is 0.251. The first kappa shape index (κ1) is 13.9. The van der Waals surface area contributed by atoms with E-state index in [9.17, 15) is 9.90 Å². The molecule has 0 bridgehead atoms. The number of urea groups is 1. The summed E-state index contributed by atoms with van der Waals surface area (Å²) in [6.45, 7) is 0.866. The van der Waals surface area contributed by atoms with Crippen molar-refractivity contribution in [1.82, 2.24) is 5.32 Å². The summed E-state index contributed by atoms with van der Waals surface area (Å²) in [5.41, 5.74) is 7.93. The van der Waals surface area contributed by atoms with Gasteiger partial charge in [0.1, 0.15) is 5.75 Å². The van der Waals surface area contributed by atoms with Crippen molar-refractivity contribution in [1.29, 1.82) is 0 Å². The molecule has 5 heteroatoms. The number of phenolic OH excluding ortho intramolecular Hbond substituents is 1. The minimum Gasteiger partial charge on any atom is -0.506 e. The number of hydrogen-bond acceptors (Lipinski definition) is 3. The molecule has 2 aromatic rings. The normalized spacial score (nSPS) is 10.1. The van der Waals surface area contributed by atoms with Gasteiger partial charge in [-0.25, -0.2) is 4.79 Å². The molecular formula is C15H17N3O2. The number of benzene rings is 2. The highest BCUT2D eigenvalue weighted by Crippen LogP contribution is 2.21. The van der Waals surface area contributed by atoms with Gasteiger partial charge in [0.15, 0.2) is 0 Å². The maximum atomic E-state index is 11.7. The first-order valence-corrected chi connectivity index (χ1v) is 6.30. The van der Waals surface area contributed by atoms with Crippen molar-refractivity contribution in [3.05, 3.63) is 59.7 Å². The molecular weight excluding hydrogens is 254 g/mol. The summed E-state index contributed by atoms with van der Waals surface area (Å²) in [5.74, 6) is 0.0350. The Morgan fingerprint density at radius 1 is 1.10 bits per heavy atom. The summed E-state index contributed by atoms with van der Waals surface area (Å²) in [6, 6.07) is 13.9. The van der Waals surface area contributed by atoms with Crippen molar-refractivity contribution in [2.45, 2.75) is 13.1 Å². The number of nitrogens with one attached hydrogen (secondary N) is 2. The van der Waals surface area contributed by atoms with E-state index >= 15 is 0 Å². The summed E-state index contributed by atoms with van der Waals surface area (Å²) in [7, 11) is 0. The van der Waals surface area contributed by atoms with Crippen molar-refractivity contribution in [2.75, 3.05) is 5.32 Å². The van der Waals surface area contributed by atoms with Crippen molar-refractivity contribution >= 4 is 11.7 Å². The predicted octanol–water partition coefficient (Wildman–Crippen LogP) is 2.17. The Kier molecular flexibility index (Phi) is 4.57. The molecule has 2 amide bonds. The van der Waals surface area contributed by atoms with Crippen LogP contribution in [0, 0.1) is 0 Å². The monoisotopic (exact) mass is 271 g/mol. The number of nitrogens with two attached hydrogens (primary N) is 1. The summed E-state index contributed by atoms with van der Waals surface area (Å²) < 4.78 is 0. The van der Waals surface area contributed by atoms with Crippen LogP contribution < -0.4 is 16.4 Å². The number of anilines is 1. The van der Waals surface area contributed by atoms with Gasteiger partial charge in [-0.1, -0.05) is 36.4 Å². The molecule has 104 valence electrons. The van der Waals surface area contributed by atoms with Crippen molar-refractivity contribution in [3.8, 4) is 5.75 Å². The fourth-order valence-corrected chi connectivity index (χ4v) is 1.79. The van der Waals surface area contributed by atoms with Gasteiger partial charge in [-0.2, -0.15) is 0 Å². The molecule has 2 rings (SSSR count). The molecule has 0 fully saturated rings. The number of aromatic hydroxyl groups is 1. The van der Waals surface area contributed by atoms with Gasteiger partial charge < -0.3 is 21.5 Å². The lowest BCUT2D eigenvalue weighted by Crippen LogP contribution is -2.28. The maximum Gasteiger partial charge on any atom is 0.319 e. The van der Waals surface area contributed by atoms with Gasteiger partial charge in [-0.05, 0) is 23.3 Å². The molecule has 2 aromatic carbocycles. The Bertz CT molecular complexity index is 599. The number of carbonyl (C=O) groups excluding carboxylic acids is 1. The van der Waals surface area contributed by atoms with E-state index in [1.165, 1.54) is 6.07 Å². The van der Waals surface area contributed by atoms with Crippen molar-refractivity contribution < 1.29 is 9.90 Å². The summed E-state index contributed by atoms with van der Waals surface area (Å²) in [4.78, 5) is 11.7. The van der Waals surface area contributed by atoms with E-state index < -0.39 is 0 Å². The molecule has 0 saturated carbocycles. The summed E-state index contributed by atoms with van der Waals surface area (Å²) >= 11 is 0. The Balaban J connectivity index is 1.90. The van der Waals surface area contributed by atoms with E-state index in [0.29, 0.717) is 18.8 Å². The topological polar surface area (TPSA) is 87.4 Å². The van der Waals surface area contributed by atoms with Crippen LogP contribution in [0.25, 0.3) is 0 Å². The third-order valence-electron chi connectivity index (χ3n) is 2.83. The number of amides is 2. The largest absolute Gasteiger partial charge is 0.506 e. The third kappa shape index (κ3) is 3.73. The average Bonchev–Trinajstić information content (AvgIpc) is 2.48. The van der Waals surface area contributed by atoms with Crippen LogP contribution in [0.4, 0.5) is 10.5 Å². The molecule has 0 spiro atoms. The van der Waals surface area contributed by atoms with E-state index in [1.54, 1.807) is 18.2 Å². The molecule has 0 radical (unpaired) electrons. The zero-order valence-electron chi connectivity index (χ0n) is 11.0. The van der Waals surface area contributed by atoms with Crippen molar-refractivity contribution in [2.24, 2.45) is 5.73 Å². The molecule has 0 atom stereocenters. The van der Waals surface area contributed by atoms with Crippen LogP contribution in [0.15, 0.2) is 48.5 Å². The number of hydrogen-bond donors (Lipinski definition) is 4. The molecule has 5 nitrogen and oxygen atoms in total. The average molecular weight is 271 g/mol. The molecule has 0 unspecified atom stereocenters. The lowest BCUT2D eigenvalue weighted by Gasteiger charge is -2.09. The third-order valence-corrected chi connectivity index (χ3v) is 2.83. The summed E-state index contributed by atoms with van der Waals surface area (Å²) in [6.07, 6.45) is 0. The van der Waals surface area contributed by atoms with Gasteiger partial charge in [0.25, 0.3) is 0 Å². The molecule has 0 aliphatic carbocycles. The lowest BCUT2D eigenvalue weighted by atomic mass is 10.1. The Labute approximate surface area is 117 Å². The second-order valence-corrected chi connectivity index (χ2v) is 4.35. The number of phenols is 1. The van der Waals surface area contributed by atoms with E-state index in [0.717, 1.165) is 11.1 Å². The second-order valence-electron chi connectivity index (χ2n) is 4.35. The first-order valence-electron chi connectivity index (χ1n) is 6.30. The SMILES string of the molecule is NCc1cccc(CNC(=O)Nc2ccccc2O)c1. The first-order chi connectivity index (χ1) is 9.69. The van der Waals surface area contributed by atoms with Gasteiger partial charge in [-0.15, -0.1) is 0 Å². The highest BCUT2D eigenvalue weighted by molar-refractivity contribution is 5.90. The van der Waals surface area contributed by atoms with Gasteiger partial charge in [0, 0.05) is 13.1 Å². The van der Waals surface area contributed by atoms with Crippen LogP contribution in [-0.4, -0.2) is 11.1 Å². The minimum atomic E-state index is -0.371. The Hall–Kier alpha value is -2.53. The summed E-state index contributed by atoms with van der Waals surface area (Å²) in [5, 5.41) is 14.9. The quantitative estimate of drug-likeness (QED) is 0.643. The van der Waals surface area contributed by atoms with Gasteiger partial charge >= 0.3 is 6.03 Å². The molecule has 0 aliphatic rings. The number of para-hydroxylation sites is 2. The van der Waals surface area contributed by atoms with Crippen LogP contribution in [0.3, 0.4) is 0 Å². The zero-order valence-corrected chi connectivity index (χ0v) is 11.0. The number of carbonyl (C=O) groups is 1. The maximum absolute atomic E-state index is 11.7. The predicted molar refractivity (Wildman–Crippen MR) is 78.3 cm³/mol. The fourth-order valence-electron chi connectivity index (χ4n) is 1.79. The van der Waals surface area contributed by atoms with Gasteiger partial charge in [0.05, 0.1) is 5.69 Å². The molecule has 0 saturated heterocycles. The standard InChI is InChI=1S/C15H17N3O2/c16-9-11-4-3-5-12(8-11)10-17-15(20)18-13-6-1-2-7-14(13)19/h1-8,19H,9-10,16H2,(H2,17,18,20). The zero-order chi connectivity index (χ0) is 14.4. The van der Waals surface area contributed by atoms with Crippen LogP contribution in [0.1, 0.15) is 11.1 Å². The van der Waals surface area contributed by atoms with Gasteiger partial charge in [-0.3, -0.25) is 0 Å². The van der Waals surface area contributed by atoms with E-state index in [-0.39, 0.29) is 11.8 Å². The smallest absolute Gasteiger partial charge is 0.319 e. The van der Waals surface area contributed by atoms with Crippen LogP contribution in [0.5, 0.6) is 5.75 Å². The van der Waals surface area contributed by atoms with Gasteiger partial charge in [0.2, 0.25) is 0 Å². The van der Waals surface area contributed by atoms with E-state index in [1.807, 2.05) is 24.3 Å². The number of rotatable bonds is 4. The highest BCUT2D eigenvalue weighted by atomic mass is 16.3. The molecule has 20 heavy (non-hydrogen) atoms. The van der Waals surface area contributed by atoms with Crippen LogP contribution >= 0.6 is 0 Å². The van der Waals surface area contributed by atoms with Crippen LogP contribution in [-0.2, 0) is 13.1 Å². The van der Waals surface area contributed by atoms with E-state index in [4.69, 9.17) is 5.73 Å². The molecule has 0 heterocycles. The molecule has 0 aliphatic heterocycles. The fraction of sp³-hybridized carbons (Fsp3) is 0.133. The second kappa shape index (κ2) is 6.58. The van der Waals surface area contributed by atoms with E-state index in [2.05, 4.69) is 10.6 Å². The molecule has 0 aromatic heterocycles.